The number of nitrogens with one attached hydrogen (secondary N) is 1. The van der Waals surface area contributed by atoms with Crippen LogP contribution in [0.3, 0.4) is 0 Å². The smallest absolute Gasteiger partial charge is 0.268 e. The van der Waals surface area contributed by atoms with Crippen LogP contribution >= 0.6 is 11.3 Å². The highest BCUT2D eigenvalue weighted by atomic mass is 32.1. The Kier molecular flexibility index (Phi) is 5.00. The number of fused-ring (bicyclic) bond motifs is 1. The Balaban J connectivity index is 1.50. The summed E-state index contributed by atoms with van der Waals surface area (Å²) in [5, 5.41) is 4.69. The molecule has 5 rings (SSSR count). The van der Waals surface area contributed by atoms with Gasteiger partial charge < -0.3 is 4.98 Å². The summed E-state index contributed by atoms with van der Waals surface area (Å²) in [5.74, 6) is 0.799. The monoisotopic (exact) mass is 419 g/mol. The lowest BCUT2D eigenvalue weighted by molar-refractivity contribution is 0.262. The van der Waals surface area contributed by atoms with Crippen molar-refractivity contribution >= 4 is 21.6 Å². The summed E-state index contributed by atoms with van der Waals surface area (Å²) in [6.07, 6.45) is 4.26. The first-order valence-electron chi connectivity index (χ1n) is 10.5. The number of aromatic nitrogens is 4. The number of thiophene rings is 1. The van der Waals surface area contributed by atoms with Crippen LogP contribution in [0.25, 0.3) is 20.7 Å². The van der Waals surface area contributed by atoms with Crippen LogP contribution in [-0.4, -0.2) is 37.7 Å². The van der Waals surface area contributed by atoms with Crippen LogP contribution in [0.4, 0.5) is 0 Å². The first-order valence-corrected chi connectivity index (χ1v) is 11.3. The third kappa shape index (κ3) is 3.48. The quantitative estimate of drug-likeness (QED) is 0.522. The maximum Gasteiger partial charge on any atom is 0.268 e. The number of aryl methyl sites for hydroxylation is 1. The summed E-state index contributed by atoms with van der Waals surface area (Å²) in [5.41, 5.74) is 3.98. The molecule has 1 unspecified atom stereocenters. The van der Waals surface area contributed by atoms with Gasteiger partial charge in [0.1, 0.15) is 10.5 Å². The van der Waals surface area contributed by atoms with Crippen molar-refractivity contribution in [2.75, 3.05) is 13.1 Å². The van der Waals surface area contributed by atoms with Gasteiger partial charge in [-0.2, -0.15) is 5.10 Å². The summed E-state index contributed by atoms with van der Waals surface area (Å²) in [6.45, 7) is 6.94. The summed E-state index contributed by atoms with van der Waals surface area (Å²) in [7, 11) is 0. The number of likely N-dealkylation sites (tertiary alicyclic amines) is 1. The predicted octanol–water partition coefficient (Wildman–Crippen LogP) is 4.36. The van der Waals surface area contributed by atoms with Crippen LogP contribution in [0.5, 0.6) is 0 Å². The second-order valence-corrected chi connectivity index (χ2v) is 8.93. The average molecular weight is 420 g/mol. The van der Waals surface area contributed by atoms with Crippen molar-refractivity contribution in [3.8, 4) is 10.4 Å². The lowest BCUT2D eigenvalue weighted by atomic mass is 10.2. The van der Waals surface area contributed by atoms with E-state index in [0.717, 1.165) is 60.0 Å². The molecule has 1 aliphatic heterocycles. The highest BCUT2D eigenvalue weighted by Crippen LogP contribution is 2.34. The maximum atomic E-state index is 12.8. The lowest BCUT2D eigenvalue weighted by Crippen LogP contribution is -2.26. The zero-order valence-corrected chi connectivity index (χ0v) is 18.1. The van der Waals surface area contributed by atoms with Gasteiger partial charge in [-0.3, -0.25) is 14.4 Å². The molecule has 0 spiro atoms. The van der Waals surface area contributed by atoms with Crippen molar-refractivity contribution in [3.05, 3.63) is 70.0 Å². The van der Waals surface area contributed by atoms with E-state index in [-0.39, 0.29) is 11.6 Å². The van der Waals surface area contributed by atoms with Crippen molar-refractivity contribution in [2.24, 2.45) is 0 Å². The van der Waals surface area contributed by atoms with E-state index in [4.69, 9.17) is 4.98 Å². The molecule has 0 saturated carbocycles. The molecule has 0 aliphatic carbocycles. The molecule has 0 bridgehead atoms. The van der Waals surface area contributed by atoms with Crippen molar-refractivity contribution in [1.29, 1.82) is 0 Å². The van der Waals surface area contributed by atoms with E-state index in [9.17, 15) is 4.79 Å². The van der Waals surface area contributed by atoms with E-state index in [1.807, 2.05) is 35.9 Å². The summed E-state index contributed by atoms with van der Waals surface area (Å²) in [4.78, 5) is 24.1. The minimum Gasteiger partial charge on any atom is -0.308 e. The molecule has 7 heteroatoms. The van der Waals surface area contributed by atoms with Crippen LogP contribution in [0, 0.1) is 6.92 Å². The van der Waals surface area contributed by atoms with Crippen LogP contribution in [0.15, 0.2) is 47.4 Å². The fraction of sp³-hybridized carbons (Fsp3) is 0.348. The number of aromatic amines is 1. The van der Waals surface area contributed by atoms with Gasteiger partial charge in [-0.25, -0.2) is 4.98 Å². The molecule has 154 valence electrons. The molecule has 4 heterocycles. The molecule has 3 aromatic heterocycles. The topological polar surface area (TPSA) is 66.8 Å². The molecule has 1 atom stereocenters. The molecule has 4 aromatic rings. The second kappa shape index (κ2) is 7.81. The largest absolute Gasteiger partial charge is 0.308 e. The first kappa shape index (κ1) is 19.2. The Morgan fingerprint density at radius 1 is 1.27 bits per heavy atom. The van der Waals surface area contributed by atoms with E-state index in [2.05, 4.69) is 40.2 Å². The van der Waals surface area contributed by atoms with Crippen LogP contribution < -0.4 is 5.56 Å². The number of hydrogen-bond donors (Lipinski definition) is 1. The Morgan fingerprint density at radius 2 is 2.10 bits per heavy atom. The number of benzene rings is 1. The molecule has 1 fully saturated rings. The molecule has 0 radical (unpaired) electrons. The highest BCUT2D eigenvalue weighted by molar-refractivity contribution is 7.22. The van der Waals surface area contributed by atoms with Crippen LogP contribution in [-0.2, 0) is 6.54 Å². The number of rotatable bonds is 5. The Bertz CT molecular complexity index is 1240. The first-order chi connectivity index (χ1) is 14.6. The van der Waals surface area contributed by atoms with E-state index < -0.39 is 0 Å². The Hall–Kier alpha value is -2.77. The second-order valence-electron chi connectivity index (χ2n) is 7.87. The minimum absolute atomic E-state index is 0.0384. The lowest BCUT2D eigenvalue weighted by Gasteiger charge is -2.21. The van der Waals surface area contributed by atoms with Gasteiger partial charge in [0.15, 0.2) is 0 Å². The van der Waals surface area contributed by atoms with E-state index in [1.165, 1.54) is 16.9 Å². The standard InChI is InChI=1S/C23H25N5OS/c1-3-27-11-7-10-19(27)22-24-18-12-20(30-21(18)23(29)25-22)17-14-28(26-15(17)2)13-16-8-5-4-6-9-16/h4-6,8-9,12,14,19H,3,7,10-11,13H2,1-2H3,(H,24,25,29). The number of H-pyrrole nitrogens is 1. The van der Waals surface area contributed by atoms with Crippen LogP contribution in [0.2, 0.25) is 0 Å². The van der Waals surface area contributed by atoms with E-state index in [0.29, 0.717) is 4.70 Å². The third-order valence-corrected chi connectivity index (χ3v) is 7.04. The molecule has 1 saturated heterocycles. The molecular weight excluding hydrogens is 394 g/mol. The fourth-order valence-electron chi connectivity index (χ4n) is 4.37. The van der Waals surface area contributed by atoms with Gasteiger partial charge in [0, 0.05) is 16.6 Å². The van der Waals surface area contributed by atoms with Crippen LogP contribution in [0.1, 0.15) is 42.9 Å². The summed E-state index contributed by atoms with van der Waals surface area (Å²) >= 11 is 1.50. The molecule has 0 amide bonds. The van der Waals surface area contributed by atoms with E-state index in [1.54, 1.807) is 0 Å². The van der Waals surface area contributed by atoms with Gasteiger partial charge in [0.25, 0.3) is 5.56 Å². The Morgan fingerprint density at radius 3 is 2.90 bits per heavy atom. The van der Waals surface area contributed by atoms with Crippen molar-refractivity contribution < 1.29 is 0 Å². The normalized spacial score (nSPS) is 17.2. The third-order valence-electron chi connectivity index (χ3n) is 5.89. The molecule has 1 aliphatic rings. The average Bonchev–Trinajstić information content (AvgIpc) is 3.46. The highest BCUT2D eigenvalue weighted by Gasteiger charge is 2.27. The van der Waals surface area contributed by atoms with Crippen molar-refractivity contribution in [3.63, 3.8) is 0 Å². The zero-order chi connectivity index (χ0) is 20.7. The van der Waals surface area contributed by atoms with Crippen molar-refractivity contribution in [2.45, 2.75) is 39.3 Å². The Labute approximate surface area is 179 Å². The van der Waals surface area contributed by atoms with Crippen molar-refractivity contribution in [1.82, 2.24) is 24.6 Å². The molecule has 1 N–H and O–H groups in total. The van der Waals surface area contributed by atoms with Gasteiger partial charge in [0.05, 0.1) is 23.8 Å². The van der Waals surface area contributed by atoms with E-state index >= 15 is 0 Å². The van der Waals surface area contributed by atoms with Gasteiger partial charge in [-0.05, 0) is 44.5 Å². The SMILES string of the molecule is CCN1CCCC1c1nc2cc(-c3cn(Cc4ccccc4)nc3C)sc2c(=O)[nH]1. The number of hydrogen-bond acceptors (Lipinski definition) is 5. The van der Waals surface area contributed by atoms with Gasteiger partial charge in [-0.1, -0.05) is 37.3 Å². The molecule has 1 aromatic carbocycles. The molecule has 30 heavy (non-hydrogen) atoms. The maximum absolute atomic E-state index is 12.8. The number of nitrogens with zero attached hydrogens (tertiary/aromatic N) is 4. The molecule has 6 nitrogen and oxygen atoms in total. The molecular formula is C23H25N5OS. The zero-order valence-electron chi connectivity index (χ0n) is 17.3. The predicted molar refractivity (Wildman–Crippen MR) is 121 cm³/mol. The van der Waals surface area contributed by atoms with Gasteiger partial charge in [0.2, 0.25) is 0 Å². The fourth-order valence-corrected chi connectivity index (χ4v) is 5.43. The minimum atomic E-state index is -0.0384. The summed E-state index contributed by atoms with van der Waals surface area (Å²) < 4.78 is 2.65. The van der Waals surface area contributed by atoms with Gasteiger partial charge in [-0.15, -0.1) is 11.3 Å². The summed E-state index contributed by atoms with van der Waals surface area (Å²) in [6, 6.07) is 12.6. The van der Waals surface area contributed by atoms with Gasteiger partial charge >= 0.3 is 0 Å².